The van der Waals surface area contributed by atoms with Crippen LogP contribution in [0.25, 0.3) is 0 Å². The highest BCUT2D eigenvalue weighted by molar-refractivity contribution is 7.92. The van der Waals surface area contributed by atoms with Crippen LogP contribution in [0.3, 0.4) is 0 Å². The maximum absolute atomic E-state index is 12.5. The van der Waals surface area contributed by atoms with Crippen LogP contribution in [0.5, 0.6) is 0 Å². The van der Waals surface area contributed by atoms with Crippen molar-refractivity contribution in [1.29, 1.82) is 0 Å². The summed E-state index contributed by atoms with van der Waals surface area (Å²) in [4.78, 5) is 24.8. The first-order chi connectivity index (χ1) is 13.8. The molecule has 2 aliphatic carbocycles. The van der Waals surface area contributed by atoms with Crippen molar-refractivity contribution in [3.63, 3.8) is 0 Å². The van der Waals surface area contributed by atoms with E-state index in [1.165, 1.54) is 22.1 Å². The summed E-state index contributed by atoms with van der Waals surface area (Å²) in [7, 11) is -4.03. The number of urea groups is 1. The molecule has 1 saturated heterocycles. The zero-order valence-electron chi connectivity index (χ0n) is 16.1. The lowest BCUT2D eigenvalue weighted by molar-refractivity contribution is 0.147. The SMILES string of the molecule is O=C(Nc1c2c(cc3c1CCC3)CCC2)NS(=O)(=O)C=CC1CCCN1C(=O)O. The summed E-state index contributed by atoms with van der Waals surface area (Å²) >= 11 is 0. The fourth-order valence-corrected chi connectivity index (χ4v) is 5.46. The average Bonchev–Trinajstić information content (AvgIpc) is 3.39. The number of carbonyl (C=O) groups is 2. The molecule has 3 amide bonds. The molecule has 3 N–H and O–H groups in total. The second-order valence-electron chi connectivity index (χ2n) is 7.85. The van der Waals surface area contributed by atoms with E-state index in [-0.39, 0.29) is 0 Å². The Labute approximate surface area is 170 Å². The monoisotopic (exact) mass is 419 g/mol. The zero-order valence-corrected chi connectivity index (χ0v) is 16.9. The van der Waals surface area contributed by atoms with Gasteiger partial charge < -0.3 is 15.3 Å². The molecule has 0 saturated carbocycles. The molecule has 29 heavy (non-hydrogen) atoms. The number of benzene rings is 1. The molecule has 0 bridgehead atoms. The van der Waals surface area contributed by atoms with Crippen LogP contribution in [-0.2, 0) is 35.7 Å². The van der Waals surface area contributed by atoms with Crippen LogP contribution < -0.4 is 10.0 Å². The molecule has 0 spiro atoms. The van der Waals surface area contributed by atoms with Crippen LogP contribution in [0, 0.1) is 0 Å². The number of carbonyl (C=O) groups excluding carboxylic acids is 1. The molecule has 1 unspecified atom stereocenters. The lowest BCUT2D eigenvalue weighted by Gasteiger charge is -2.18. The highest BCUT2D eigenvalue weighted by Crippen LogP contribution is 2.38. The van der Waals surface area contributed by atoms with Crippen LogP contribution in [0.15, 0.2) is 17.6 Å². The molecule has 8 nitrogen and oxygen atoms in total. The average molecular weight is 420 g/mol. The Hall–Kier alpha value is -2.55. The molecule has 9 heteroatoms. The molecular formula is C20H25N3O5S. The second kappa shape index (κ2) is 7.70. The molecule has 1 heterocycles. The zero-order chi connectivity index (χ0) is 20.6. The summed E-state index contributed by atoms with van der Waals surface area (Å²) in [6.07, 6.45) is 7.32. The predicted molar refractivity (Wildman–Crippen MR) is 108 cm³/mol. The van der Waals surface area contributed by atoms with Gasteiger partial charge in [-0.05, 0) is 79.7 Å². The maximum Gasteiger partial charge on any atom is 0.407 e. The van der Waals surface area contributed by atoms with Crippen molar-refractivity contribution in [2.75, 3.05) is 11.9 Å². The van der Waals surface area contributed by atoms with Crippen molar-refractivity contribution in [2.45, 2.75) is 57.4 Å². The quantitative estimate of drug-likeness (QED) is 0.694. The number of rotatable bonds is 4. The Morgan fingerprint density at radius 1 is 1.07 bits per heavy atom. The van der Waals surface area contributed by atoms with Gasteiger partial charge in [0.15, 0.2) is 0 Å². The summed E-state index contributed by atoms with van der Waals surface area (Å²) in [6.45, 7) is 0.378. The number of sulfonamides is 1. The van der Waals surface area contributed by atoms with Crippen LogP contribution in [0.1, 0.15) is 47.9 Å². The summed E-state index contributed by atoms with van der Waals surface area (Å²) < 4.78 is 26.6. The number of nitrogens with one attached hydrogen (secondary N) is 2. The predicted octanol–water partition coefficient (Wildman–Crippen LogP) is 2.77. The van der Waals surface area contributed by atoms with Crippen LogP contribution in [-0.4, -0.2) is 43.1 Å². The van der Waals surface area contributed by atoms with E-state index in [4.69, 9.17) is 5.11 Å². The van der Waals surface area contributed by atoms with E-state index in [0.29, 0.717) is 19.4 Å². The molecule has 1 aromatic rings. The van der Waals surface area contributed by atoms with Gasteiger partial charge in [0.25, 0.3) is 10.0 Å². The topological polar surface area (TPSA) is 116 Å². The molecule has 4 rings (SSSR count). The Morgan fingerprint density at radius 3 is 2.34 bits per heavy atom. The number of fused-ring (bicyclic) bond motifs is 2. The standard InChI is InChI=1S/C20H25N3O5S/c24-19(22-29(27,28)11-9-15-6-3-10-23(15)20(25)26)21-18-16-7-1-4-13(16)12-14-5-2-8-17(14)18/h9,11-12,15H,1-8,10H2,(H,25,26)(H2,21,22,24). The fraction of sp³-hybridized carbons (Fsp3) is 0.500. The van der Waals surface area contributed by atoms with E-state index in [2.05, 4.69) is 11.4 Å². The second-order valence-corrected chi connectivity index (χ2v) is 9.42. The van der Waals surface area contributed by atoms with Gasteiger partial charge in [0, 0.05) is 17.6 Å². The first-order valence-electron chi connectivity index (χ1n) is 10.0. The third-order valence-electron chi connectivity index (χ3n) is 5.97. The third-order valence-corrected chi connectivity index (χ3v) is 6.96. The molecule has 1 atom stereocenters. The first-order valence-corrected chi connectivity index (χ1v) is 11.6. The fourth-order valence-electron chi connectivity index (χ4n) is 4.69. The Kier molecular flexibility index (Phi) is 5.24. The molecule has 1 aromatic carbocycles. The van der Waals surface area contributed by atoms with E-state index >= 15 is 0 Å². The summed E-state index contributed by atoms with van der Waals surface area (Å²) in [5, 5.41) is 12.8. The smallest absolute Gasteiger partial charge is 0.407 e. The van der Waals surface area contributed by atoms with Gasteiger partial charge in [0.1, 0.15) is 0 Å². The number of anilines is 1. The van der Waals surface area contributed by atoms with Crippen LogP contribution >= 0.6 is 0 Å². The van der Waals surface area contributed by atoms with Crippen LogP contribution in [0.4, 0.5) is 15.3 Å². The van der Waals surface area contributed by atoms with E-state index < -0.39 is 28.2 Å². The summed E-state index contributed by atoms with van der Waals surface area (Å²) in [5.41, 5.74) is 5.52. The number of nitrogens with zero attached hydrogens (tertiary/aromatic N) is 1. The van der Waals surface area contributed by atoms with Gasteiger partial charge in [0.05, 0.1) is 6.04 Å². The number of carboxylic acid groups (broad SMARTS) is 1. The minimum Gasteiger partial charge on any atom is -0.465 e. The minimum atomic E-state index is -4.03. The lowest BCUT2D eigenvalue weighted by atomic mass is 9.99. The van der Waals surface area contributed by atoms with Gasteiger partial charge in [-0.25, -0.2) is 22.7 Å². The van der Waals surface area contributed by atoms with E-state index in [0.717, 1.165) is 60.7 Å². The normalized spacial score (nSPS) is 20.7. The Balaban J connectivity index is 1.46. The Morgan fingerprint density at radius 2 is 1.72 bits per heavy atom. The number of likely N-dealkylation sites (tertiary alicyclic amines) is 1. The van der Waals surface area contributed by atoms with Gasteiger partial charge in [-0.2, -0.15) is 0 Å². The molecule has 1 aliphatic heterocycles. The van der Waals surface area contributed by atoms with Crippen molar-refractivity contribution < 1.29 is 23.1 Å². The highest BCUT2D eigenvalue weighted by Gasteiger charge is 2.28. The maximum atomic E-state index is 12.5. The van der Waals surface area contributed by atoms with Gasteiger partial charge in [-0.3, -0.25) is 0 Å². The van der Waals surface area contributed by atoms with E-state index in [9.17, 15) is 18.0 Å². The number of hydrogen-bond acceptors (Lipinski definition) is 4. The Bertz CT molecular complexity index is 954. The molecule has 156 valence electrons. The summed E-state index contributed by atoms with van der Waals surface area (Å²) in [6, 6.07) is 0.960. The third kappa shape index (κ3) is 4.10. The van der Waals surface area contributed by atoms with Gasteiger partial charge in [-0.15, -0.1) is 0 Å². The van der Waals surface area contributed by atoms with Crippen molar-refractivity contribution in [3.05, 3.63) is 39.8 Å². The lowest BCUT2D eigenvalue weighted by Crippen LogP contribution is -2.35. The van der Waals surface area contributed by atoms with Gasteiger partial charge in [-0.1, -0.05) is 6.07 Å². The van der Waals surface area contributed by atoms with Crippen LogP contribution in [0.2, 0.25) is 0 Å². The number of aryl methyl sites for hydroxylation is 2. The highest BCUT2D eigenvalue weighted by atomic mass is 32.2. The van der Waals surface area contributed by atoms with Gasteiger partial charge in [0.2, 0.25) is 0 Å². The van der Waals surface area contributed by atoms with Crippen molar-refractivity contribution in [1.82, 2.24) is 9.62 Å². The van der Waals surface area contributed by atoms with E-state index in [1.807, 2.05) is 4.72 Å². The molecular weight excluding hydrogens is 394 g/mol. The molecule has 1 fully saturated rings. The van der Waals surface area contributed by atoms with Crippen molar-refractivity contribution >= 4 is 27.8 Å². The van der Waals surface area contributed by atoms with Crippen molar-refractivity contribution in [3.8, 4) is 0 Å². The number of hydrogen-bond donors (Lipinski definition) is 3. The largest absolute Gasteiger partial charge is 0.465 e. The molecule has 0 aromatic heterocycles. The first kappa shape index (κ1) is 19.8. The summed E-state index contributed by atoms with van der Waals surface area (Å²) in [5.74, 6) is 0. The van der Waals surface area contributed by atoms with Gasteiger partial charge >= 0.3 is 12.1 Å². The molecule has 0 radical (unpaired) electrons. The van der Waals surface area contributed by atoms with Crippen molar-refractivity contribution in [2.24, 2.45) is 0 Å². The van der Waals surface area contributed by atoms with E-state index in [1.54, 1.807) is 0 Å². The molecule has 3 aliphatic rings. The minimum absolute atomic E-state index is 0.378. The number of amides is 3.